The van der Waals surface area contributed by atoms with Gasteiger partial charge in [0.05, 0.1) is 10.6 Å². The number of nitrogens with zero attached hydrogens (tertiary/aromatic N) is 2. The molecule has 1 amide bonds. The molecule has 0 radical (unpaired) electrons. The Kier molecular flexibility index (Phi) is 6.00. The summed E-state index contributed by atoms with van der Waals surface area (Å²) in [4.78, 5) is 20.5. The lowest BCUT2D eigenvalue weighted by Crippen LogP contribution is -2.39. The minimum atomic E-state index is -0.0261. The van der Waals surface area contributed by atoms with E-state index in [0.717, 1.165) is 49.0 Å². The average molecular weight is 382 g/mol. The lowest BCUT2D eigenvalue weighted by Gasteiger charge is -2.32. The van der Waals surface area contributed by atoms with Crippen molar-refractivity contribution < 1.29 is 4.79 Å². The van der Waals surface area contributed by atoms with Gasteiger partial charge in [-0.15, -0.1) is 11.3 Å². The van der Waals surface area contributed by atoms with Gasteiger partial charge in [-0.1, -0.05) is 36.4 Å². The van der Waals surface area contributed by atoms with Crippen molar-refractivity contribution in [2.75, 3.05) is 26.2 Å². The van der Waals surface area contributed by atoms with Crippen LogP contribution in [0.4, 0.5) is 0 Å². The molecule has 142 valence electrons. The van der Waals surface area contributed by atoms with E-state index in [1.165, 1.54) is 36.2 Å². The van der Waals surface area contributed by atoms with Gasteiger partial charge in [-0.25, -0.2) is 4.98 Å². The standard InChI is InChI=1S/C22H27N3OS/c26-21(22-24-19-8-4-5-9-20(19)27-22)23-12-15-25-13-10-18(11-14-25)16-17-6-2-1-3-7-17/h1-3,5-7,9,18H,4,8,10-16H2,(H,23,26). The molecule has 4 rings (SSSR count). The molecule has 1 N–H and O–H groups in total. The summed E-state index contributed by atoms with van der Waals surface area (Å²) in [5.74, 6) is 0.759. The summed E-state index contributed by atoms with van der Waals surface area (Å²) < 4.78 is 0. The number of likely N-dealkylation sites (tertiary alicyclic amines) is 1. The summed E-state index contributed by atoms with van der Waals surface area (Å²) in [6, 6.07) is 10.8. The van der Waals surface area contributed by atoms with Crippen molar-refractivity contribution in [1.29, 1.82) is 0 Å². The number of aromatic nitrogens is 1. The van der Waals surface area contributed by atoms with Crippen molar-refractivity contribution in [3.63, 3.8) is 0 Å². The van der Waals surface area contributed by atoms with Gasteiger partial charge in [0.1, 0.15) is 0 Å². The largest absolute Gasteiger partial charge is 0.349 e. The summed E-state index contributed by atoms with van der Waals surface area (Å²) in [6.07, 6.45) is 9.90. The highest BCUT2D eigenvalue weighted by Crippen LogP contribution is 2.25. The summed E-state index contributed by atoms with van der Waals surface area (Å²) >= 11 is 1.51. The van der Waals surface area contributed by atoms with Crippen LogP contribution in [0, 0.1) is 5.92 Å². The third-order valence-corrected chi connectivity index (χ3v) is 6.59. The fourth-order valence-corrected chi connectivity index (χ4v) is 4.90. The number of thiazole rings is 1. The Morgan fingerprint density at radius 3 is 2.81 bits per heavy atom. The van der Waals surface area contributed by atoms with Gasteiger partial charge in [0.25, 0.3) is 5.91 Å². The number of fused-ring (bicyclic) bond motifs is 1. The molecule has 0 spiro atoms. The van der Waals surface area contributed by atoms with E-state index in [2.05, 4.69) is 57.7 Å². The second kappa shape index (κ2) is 8.81. The van der Waals surface area contributed by atoms with E-state index >= 15 is 0 Å². The van der Waals surface area contributed by atoms with Crippen LogP contribution in [0.15, 0.2) is 36.4 Å². The highest BCUT2D eigenvalue weighted by atomic mass is 32.1. The second-order valence-electron chi connectivity index (χ2n) is 7.50. The molecule has 2 aromatic rings. The quantitative estimate of drug-likeness (QED) is 0.828. The van der Waals surface area contributed by atoms with Crippen LogP contribution in [0.25, 0.3) is 6.08 Å². The normalized spacial score (nSPS) is 17.6. The Morgan fingerprint density at radius 2 is 2.04 bits per heavy atom. The monoisotopic (exact) mass is 381 g/mol. The van der Waals surface area contributed by atoms with Gasteiger partial charge in [-0.3, -0.25) is 4.79 Å². The van der Waals surface area contributed by atoms with Gasteiger partial charge < -0.3 is 10.2 Å². The lowest BCUT2D eigenvalue weighted by atomic mass is 9.90. The highest BCUT2D eigenvalue weighted by molar-refractivity contribution is 7.14. The number of piperidine rings is 1. The zero-order valence-corrected chi connectivity index (χ0v) is 16.5. The number of hydrogen-bond acceptors (Lipinski definition) is 4. The average Bonchev–Trinajstić information content (AvgIpc) is 3.14. The molecule has 27 heavy (non-hydrogen) atoms. The van der Waals surface area contributed by atoms with E-state index in [-0.39, 0.29) is 5.91 Å². The molecule has 0 bridgehead atoms. The lowest BCUT2D eigenvalue weighted by molar-refractivity contribution is 0.0943. The molecule has 1 aromatic carbocycles. The first kappa shape index (κ1) is 18.4. The Labute approximate surface area is 165 Å². The van der Waals surface area contributed by atoms with Crippen molar-refractivity contribution in [2.24, 2.45) is 5.92 Å². The van der Waals surface area contributed by atoms with E-state index in [0.29, 0.717) is 11.6 Å². The maximum absolute atomic E-state index is 12.4. The number of rotatable bonds is 6. The zero-order chi connectivity index (χ0) is 18.5. The molecule has 0 saturated carbocycles. The molecular weight excluding hydrogens is 354 g/mol. The van der Waals surface area contributed by atoms with Gasteiger partial charge in [-0.05, 0) is 62.8 Å². The maximum atomic E-state index is 12.4. The Bertz CT molecular complexity index is 791. The van der Waals surface area contributed by atoms with Crippen molar-refractivity contribution in [2.45, 2.75) is 32.1 Å². The second-order valence-corrected chi connectivity index (χ2v) is 8.53. The molecule has 0 atom stereocenters. The number of hydrogen-bond donors (Lipinski definition) is 1. The summed E-state index contributed by atoms with van der Waals surface area (Å²) in [5.41, 5.74) is 2.53. The number of nitrogens with one attached hydrogen (secondary N) is 1. The molecule has 1 saturated heterocycles. The van der Waals surface area contributed by atoms with Crippen LogP contribution in [0.2, 0.25) is 0 Å². The topological polar surface area (TPSA) is 45.2 Å². The number of carbonyl (C=O) groups is 1. The smallest absolute Gasteiger partial charge is 0.280 e. The molecule has 5 heteroatoms. The van der Waals surface area contributed by atoms with Crippen molar-refractivity contribution in [3.05, 3.63) is 57.6 Å². The third kappa shape index (κ3) is 4.85. The molecule has 0 unspecified atom stereocenters. The molecule has 1 fully saturated rings. The first-order chi connectivity index (χ1) is 13.3. The first-order valence-corrected chi connectivity index (χ1v) is 10.8. The van der Waals surface area contributed by atoms with E-state index < -0.39 is 0 Å². The minimum absolute atomic E-state index is 0.0261. The van der Waals surface area contributed by atoms with Crippen molar-refractivity contribution in [1.82, 2.24) is 15.2 Å². The van der Waals surface area contributed by atoms with Gasteiger partial charge in [0.15, 0.2) is 5.01 Å². The van der Waals surface area contributed by atoms with Crippen LogP contribution in [0.5, 0.6) is 0 Å². The van der Waals surface area contributed by atoms with Gasteiger partial charge in [-0.2, -0.15) is 0 Å². The maximum Gasteiger partial charge on any atom is 0.280 e. The number of aryl methyl sites for hydroxylation is 1. The van der Waals surface area contributed by atoms with Gasteiger partial charge in [0, 0.05) is 13.1 Å². The number of allylic oxidation sites excluding steroid dienone is 1. The molecule has 1 aliphatic heterocycles. The third-order valence-electron chi connectivity index (χ3n) is 5.53. The molecule has 1 aromatic heterocycles. The van der Waals surface area contributed by atoms with Crippen LogP contribution >= 0.6 is 11.3 Å². The van der Waals surface area contributed by atoms with Crippen LogP contribution in [-0.4, -0.2) is 42.0 Å². The molecule has 2 heterocycles. The molecule has 2 aliphatic rings. The summed E-state index contributed by atoms with van der Waals surface area (Å²) in [6.45, 7) is 3.88. The molecule has 4 nitrogen and oxygen atoms in total. The Balaban J connectivity index is 1.17. The highest BCUT2D eigenvalue weighted by Gasteiger charge is 2.20. The predicted octanol–water partition coefficient (Wildman–Crippen LogP) is 3.79. The number of carbonyl (C=O) groups excluding carboxylic acids is 1. The number of amides is 1. The van der Waals surface area contributed by atoms with Crippen LogP contribution < -0.4 is 5.32 Å². The Morgan fingerprint density at radius 1 is 1.22 bits per heavy atom. The first-order valence-electron chi connectivity index (χ1n) is 9.98. The molecule has 1 aliphatic carbocycles. The van der Waals surface area contributed by atoms with Crippen LogP contribution in [-0.2, 0) is 12.8 Å². The van der Waals surface area contributed by atoms with Crippen molar-refractivity contribution in [3.8, 4) is 0 Å². The molecular formula is C22H27N3OS. The van der Waals surface area contributed by atoms with E-state index in [9.17, 15) is 4.79 Å². The van der Waals surface area contributed by atoms with E-state index in [1.807, 2.05) is 0 Å². The summed E-state index contributed by atoms with van der Waals surface area (Å²) in [7, 11) is 0. The fourth-order valence-electron chi connectivity index (χ4n) is 3.95. The van der Waals surface area contributed by atoms with E-state index in [1.54, 1.807) is 0 Å². The minimum Gasteiger partial charge on any atom is -0.349 e. The zero-order valence-electron chi connectivity index (χ0n) is 15.7. The van der Waals surface area contributed by atoms with E-state index in [4.69, 9.17) is 0 Å². The predicted molar refractivity (Wildman–Crippen MR) is 111 cm³/mol. The van der Waals surface area contributed by atoms with Crippen molar-refractivity contribution >= 4 is 23.3 Å². The van der Waals surface area contributed by atoms with Gasteiger partial charge in [0.2, 0.25) is 0 Å². The van der Waals surface area contributed by atoms with Crippen LogP contribution in [0.3, 0.4) is 0 Å². The fraction of sp³-hybridized carbons (Fsp3) is 0.455. The van der Waals surface area contributed by atoms with Crippen LogP contribution in [0.1, 0.15) is 45.2 Å². The SMILES string of the molecule is O=C(NCCN1CCC(Cc2ccccc2)CC1)c1nc2c(s1)C=CCC2. The number of benzene rings is 1. The van der Waals surface area contributed by atoms with Gasteiger partial charge >= 0.3 is 0 Å². The summed E-state index contributed by atoms with van der Waals surface area (Å²) in [5, 5.41) is 3.65. The Hall–Kier alpha value is -1.98.